The highest BCUT2D eigenvalue weighted by atomic mass is 35.5. The van der Waals surface area contributed by atoms with Crippen molar-refractivity contribution in [3.63, 3.8) is 0 Å². The number of fused-ring (bicyclic) bond motifs is 1. The first-order valence-electron chi connectivity index (χ1n) is 6.04. The number of aromatic nitrogens is 2. The van der Waals surface area contributed by atoms with Crippen molar-refractivity contribution in [1.29, 1.82) is 0 Å². The fraction of sp³-hybridized carbons (Fsp3) is 0.385. The summed E-state index contributed by atoms with van der Waals surface area (Å²) in [5, 5.41) is 24.0. The van der Waals surface area contributed by atoms with Gasteiger partial charge in [0.1, 0.15) is 17.6 Å². The topological polar surface area (TPSA) is 78.3 Å². The molecule has 102 valence electrons. The van der Waals surface area contributed by atoms with Crippen LogP contribution in [0.1, 0.15) is 18.1 Å². The molecule has 2 atom stereocenters. The third kappa shape index (κ3) is 3.19. The van der Waals surface area contributed by atoms with E-state index in [9.17, 15) is 10.2 Å². The monoisotopic (exact) mass is 281 g/mol. The standard InChI is InChI=1S/C13H16ClN3O2/c1-15-5-4-11(18)12(19)8-2-3-9-10(6-8)16-7-17-13(9)14/h2-3,6-7,11-12,15,18-19H,4-5H2,1H3. The summed E-state index contributed by atoms with van der Waals surface area (Å²) in [5.41, 5.74) is 1.27. The van der Waals surface area contributed by atoms with Crippen LogP contribution < -0.4 is 5.32 Å². The number of nitrogens with zero attached hydrogens (tertiary/aromatic N) is 2. The first kappa shape index (κ1) is 14.1. The Morgan fingerprint density at radius 3 is 2.84 bits per heavy atom. The van der Waals surface area contributed by atoms with Crippen molar-refractivity contribution in [3.8, 4) is 0 Å². The van der Waals surface area contributed by atoms with Crippen LogP contribution in [0.4, 0.5) is 0 Å². The molecule has 0 spiro atoms. The lowest BCUT2D eigenvalue weighted by atomic mass is 10.0. The van der Waals surface area contributed by atoms with E-state index in [1.807, 2.05) is 0 Å². The van der Waals surface area contributed by atoms with Crippen molar-refractivity contribution < 1.29 is 10.2 Å². The summed E-state index contributed by atoms with van der Waals surface area (Å²) in [5.74, 6) is 0. The van der Waals surface area contributed by atoms with Gasteiger partial charge < -0.3 is 15.5 Å². The van der Waals surface area contributed by atoms with Gasteiger partial charge in [0.25, 0.3) is 0 Å². The Kier molecular flexibility index (Phi) is 4.66. The lowest BCUT2D eigenvalue weighted by Gasteiger charge is -2.18. The maximum atomic E-state index is 10.1. The molecule has 0 radical (unpaired) electrons. The van der Waals surface area contributed by atoms with E-state index in [-0.39, 0.29) is 0 Å². The summed E-state index contributed by atoms with van der Waals surface area (Å²) in [7, 11) is 1.80. The molecule has 0 aliphatic carbocycles. The van der Waals surface area contributed by atoms with Gasteiger partial charge in [-0.05, 0) is 37.7 Å². The Morgan fingerprint density at radius 1 is 1.32 bits per heavy atom. The van der Waals surface area contributed by atoms with Crippen LogP contribution in [0.3, 0.4) is 0 Å². The molecule has 0 amide bonds. The van der Waals surface area contributed by atoms with Gasteiger partial charge in [-0.15, -0.1) is 0 Å². The quantitative estimate of drug-likeness (QED) is 0.720. The fourth-order valence-electron chi connectivity index (χ4n) is 1.90. The second kappa shape index (κ2) is 6.25. The number of rotatable bonds is 5. The highest BCUT2D eigenvalue weighted by Gasteiger charge is 2.18. The van der Waals surface area contributed by atoms with E-state index in [4.69, 9.17) is 11.6 Å². The molecule has 1 heterocycles. The molecule has 1 aromatic heterocycles. The molecule has 6 heteroatoms. The first-order chi connectivity index (χ1) is 9.13. The molecule has 0 fully saturated rings. The highest BCUT2D eigenvalue weighted by molar-refractivity contribution is 6.34. The van der Waals surface area contributed by atoms with Crippen LogP contribution in [0, 0.1) is 0 Å². The number of nitrogens with one attached hydrogen (secondary N) is 1. The minimum Gasteiger partial charge on any atom is -0.390 e. The molecule has 19 heavy (non-hydrogen) atoms. The molecule has 1 aromatic carbocycles. The predicted molar refractivity (Wildman–Crippen MR) is 74.1 cm³/mol. The largest absolute Gasteiger partial charge is 0.390 e. The Hall–Kier alpha value is -1.27. The Morgan fingerprint density at radius 2 is 2.11 bits per heavy atom. The summed E-state index contributed by atoms with van der Waals surface area (Å²) < 4.78 is 0. The van der Waals surface area contributed by atoms with E-state index in [0.717, 1.165) is 5.39 Å². The van der Waals surface area contributed by atoms with Crippen LogP contribution in [-0.4, -0.2) is 39.9 Å². The van der Waals surface area contributed by atoms with Gasteiger partial charge in [-0.2, -0.15) is 0 Å². The fourth-order valence-corrected chi connectivity index (χ4v) is 2.10. The zero-order valence-corrected chi connectivity index (χ0v) is 11.3. The van der Waals surface area contributed by atoms with Gasteiger partial charge in [-0.25, -0.2) is 9.97 Å². The van der Waals surface area contributed by atoms with E-state index >= 15 is 0 Å². The molecule has 5 nitrogen and oxygen atoms in total. The van der Waals surface area contributed by atoms with E-state index < -0.39 is 12.2 Å². The summed E-state index contributed by atoms with van der Waals surface area (Å²) in [6, 6.07) is 5.20. The molecule has 0 aliphatic heterocycles. The SMILES string of the molecule is CNCCC(O)C(O)c1ccc2c(Cl)ncnc2c1. The summed E-state index contributed by atoms with van der Waals surface area (Å²) in [6.45, 7) is 0.639. The van der Waals surface area contributed by atoms with Gasteiger partial charge in [0, 0.05) is 5.39 Å². The first-order valence-corrected chi connectivity index (χ1v) is 6.42. The van der Waals surface area contributed by atoms with Crippen molar-refractivity contribution >= 4 is 22.5 Å². The van der Waals surface area contributed by atoms with Gasteiger partial charge in [-0.3, -0.25) is 0 Å². The normalized spacial score (nSPS) is 14.5. The van der Waals surface area contributed by atoms with Crippen molar-refractivity contribution in [2.75, 3.05) is 13.6 Å². The molecular formula is C13H16ClN3O2. The number of aliphatic hydroxyl groups is 2. The van der Waals surface area contributed by atoms with Crippen molar-refractivity contribution in [2.24, 2.45) is 0 Å². The number of aliphatic hydroxyl groups excluding tert-OH is 2. The Labute approximate surface area is 116 Å². The Balaban J connectivity index is 2.25. The number of hydrogen-bond donors (Lipinski definition) is 3. The molecule has 2 aromatic rings. The molecule has 0 aliphatic rings. The highest BCUT2D eigenvalue weighted by Crippen LogP contribution is 2.25. The summed E-state index contributed by atoms with van der Waals surface area (Å²) >= 11 is 5.95. The molecule has 0 saturated carbocycles. The van der Waals surface area contributed by atoms with Gasteiger partial charge in [-0.1, -0.05) is 17.7 Å². The Bertz CT molecular complexity index is 565. The number of hydrogen-bond acceptors (Lipinski definition) is 5. The number of benzene rings is 1. The van der Waals surface area contributed by atoms with Crippen LogP contribution >= 0.6 is 11.6 Å². The van der Waals surface area contributed by atoms with Crippen LogP contribution in [0.5, 0.6) is 0 Å². The third-order valence-corrected chi connectivity index (χ3v) is 3.31. The van der Waals surface area contributed by atoms with Crippen molar-refractivity contribution in [1.82, 2.24) is 15.3 Å². The molecular weight excluding hydrogens is 266 g/mol. The van der Waals surface area contributed by atoms with Crippen molar-refractivity contribution in [3.05, 3.63) is 35.2 Å². The van der Waals surface area contributed by atoms with Crippen molar-refractivity contribution in [2.45, 2.75) is 18.6 Å². The molecule has 3 N–H and O–H groups in total. The maximum Gasteiger partial charge on any atom is 0.140 e. The smallest absolute Gasteiger partial charge is 0.140 e. The minimum atomic E-state index is -0.938. The maximum absolute atomic E-state index is 10.1. The van der Waals surface area contributed by atoms with Crippen LogP contribution in [0.15, 0.2) is 24.5 Å². The van der Waals surface area contributed by atoms with Crippen LogP contribution in [0.2, 0.25) is 5.15 Å². The zero-order chi connectivity index (χ0) is 13.8. The molecule has 0 bridgehead atoms. The molecule has 0 saturated heterocycles. The zero-order valence-electron chi connectivity index (χ0n) is 10.5. The molecule has 2 rings (SSSR count). The lowest BCUT2D eigenvalue weighted by Crippen LogP contribution is -2.23. The average Bonchev–Trinajstić information content (AvgIpc) is 2.43. The van der Waals surface area contributed by atoms with Crippen LogP contribution in [-0.2, 0) is 0 Å². The van der Waals surface area contributed by atoms with E-state index in [0.29, 0.717) is 29.2 Å². The van der Waals surface area contributed by atoms with Crippen LogP contribution in [0.25, 0.3) is 10.9 Å². The summed E-state index contributed by atoms with van der Waals surface area (Å²) in [4.78, 5) is 8.00. The van der Waals surface area contributed by atoms with Gasteiger partial charge >= 0.3 is 0 Å². The lowest BCUT2D eigenvalue weighted by molar-refractivity contribution is 0.0141. The third-order valence-electron chi connectivity index (χ3n) is 3.01. The minimum absolute atomic E-state index is 0.377. The van der Waals surface area contributed by atoms with E-state index in [2.05, 4.69) is 15.3 Å². The number of halogens is 1. The van der Waals surface area contributed by atoms with E-state index in [1.165, 1.54) is 6.33 Å². The summed E-state index contributed by atoms with van der Waals surface area (Å²) in [6.07, 6.45) is 0.0899. The second-order valence-corrected chi connectivity index (χ2v) is 4.70. The van der Waals surface area contributed by atoms with E-state index in [1.54, 1.807) is 25.2 Å². The molecule has 2 unspecified atom stereocenters. The second-order valence-electron chi connectivity index (χ2n) is 4.35. The van der Waals surface area contributed by atoms with Gasteiger partial charge in [0.05, 0.1) is 11.6 Å². The average molecular weight is 282 g/mol. The van der Waals surface area contributed by atoms with Gasteiger partial charge in [0.2, 0.25) is 0 Å². The van der Waals surface area contributed by atoms with Gasteiger partial charge in [0.15, 0.2) is 0 Å². The predicted octanol–water partition coefficient (Wildman–Crippen LogP) is 1.29.